The molecule has 0 aliphatic carbocycles. The molecule has 0 spiro atoms. The standard InChI is InChI=1S/C26H27ClFN3O5S/c1-18(26(33)29-2)30(16-19-4-8-21(28)9-5-19)25(32)17-31(22-10-6-20(27)7-11-22)37(34,35)24-14-12-23(36-3)13-15-24/h4-15,18H,16-17H2,1-3H3,(H,29,33)/t18-/m1/s1. The summed E-state index contributed by atoms with van der Waals surface area (Å²) in [5.74, 6) is -1.04. The molecular formula is C26H27ClFN3O5S. The van der Waals surface area contributed by atoms with Crippen LogP contribution in [0.3, 0.4) is 0 Å². The molecule has 0 saturated carbocycles. The first-order valence-electron chi connectivity index (χ1n) is 11.2. The van der Waals surface area contributed by atoms with Gasteiger partial charge in [0.2, 0.25) is 11.8 Å². The third-order valence-corrected chi connectivity index (χ3v) is 7.76. The molecule has 0 radical (unpaired) electrons. The van der Waals surface area contributed by atoms with Gasteiger partial charge in [-0.05, 0) is 73.2 Å². The topological polar surface area (TPSA) is 96.0 Å². The zero-order valence-corrected chi connectivity index (χ0v) is 22.1. The van der Waals surface area contributed by atoms with Gasteiger partial charge in [-0.3, -0.25) is 13.9 Å². The van der Waals surface area contributed by atoms with Crippen molar-refractivity contribution in [3.8, 4) is 5.75 Å². The summed E-state index contributed by atoms with van der Waals surface area (Å²) in [5.41, 5.74) is 0.782. The van der Waals surface area contributed by atoms with Gasteiger partial charge >= 0.3 is 0 Å². The summed E-state index contributed by atoms with van der Waals surface area (Å²) >= 11 is 6.00. The molecule has 3 rings (SSSR count). The van der Waals surface area contributed by atoms with Crippen molar-refractivity contribution in [3.63, 3.8) is 0 Å². The van der Waals surface area contributed by atoms with E-state index >= 15 is 0 Å². The molecule has 196 valence electrons. The fourth-order valence-electron chi connectivity index (χ4n) is 3.59. The maximum absolute atomic E-state index is 13.7. The highest BCUT2D eigenvalue weighted by Gasteiger charge is 2.32. The Kier molecular flexibility index (Phi) is 9.12. The van der Waals surface area contributed by atoms with Gasteiger partial charge in [0.25, 0.3) is 10.0 Å². The fourth-order valence-corrected chi connectivity index (χ4v) is 5.13. The van der Waals surface area contributed by atoms with Gasteiger partial charge in [0.1, 0.15) is 24.2 Å². The summed E-state index contributed by atoms with van der Waals surface area (Å²) in [6.45, 7) is 0.897. The third-order valence-electron chi connectivity index (χ3n) is 5.72. The minimum absolute atomic E-state index is 0.0370. The van der Waals surface area contributed by atoms with Gasteiger partial charge in [-0.2, -0.15) is 0 Å². The maximum atomic E-state index is 13.7. The molecule has 8 nitrogen and oxygen atoms in total. The van der Waals surface area contributed by atoms with E-state index in [1.165, 1.54) is 98.8 Å². The highest BCUT2D eigenvalue weighted by Crippen LogP contribution is 2.27. The Bertz CT molecular complexity index is 1330. The number of nitrogens with zero attached hydrogens (tertiary/aromatic N) is 2. The quantitative estimate of drug-likeness (QED) is 0.416. The lowest BCUT2D eigenvalue weighted by molar-refractivity contribution is -0.139. The van der Waals surface area contributed by atoms with E-state index < -0.39 is 40.2 Å². The zero-order chi connectivity index (χ0) is 27.2. The predicted octanol–water partition coefficient (Wildman–Crippen LogP) is 3.85. The second-order valence-corrected chi connectivity index (χ2v) is 10.4. The average Bonchev–Trinajstić information content (AvgIpc) is 2.91. The van der Waals surface area contributed by atoms with Crippen molar-refractivity contribution < 1.29 is 27.1 Å². The Morgan fingerprint density at radius 1 is 1.00 bits per heavy atom. The van der Waals surface area contributed by atoms with Crippen molar-refractivity contribution in [1.29, 1.82) is 0 Å². The van der Waals surface area contributed by atoms with Crippen LogP contribution in [0.1, 0.15) is 12.5 Å². The number of rotatable bonds is 10. The highest BCUT2D eigenvalue weighted by molar-refractivity contribution is 7.92. The lowest BCUT2D eigenvalue weighted by Gasteiger charge is -2.31. The Morgan fingerprint density at radius 3 is 2.14 bits per heavy atom. The Labute approximate surface area is 220 Å². The Hall–Kier alpha value is -3.63. The minimum Gasteiger partial charge on any atom is -0.497 e. The molecule has 3 aromatic carbocycles. The van der Waals surface area contributed by atoms with Crippen molar-refractivity contribution in [2.24, 2.45) is 0 Å². The number of sulfonamides is 1. The predicted molar refractivity (Wildman–Crippen MR) is 139 cm³/mol. The largest absolute Gasteiger partial charge is 0.497 e. The summed E-state index contributed by atoms with van der Waals surface area (Å²) in [5, 5.41) is 2.89. The van der Waals surface area contributed by atoms with E-state index in [1.807, 2.05) is 0 Å². The van der Waals surface area contributed by atoms with Crippen molar-refractivity contribution in [2.45, 2.75) is 24.4 Å². The van der Waals surface area contributed by atoms with Crippen molar-refractivity contribution in [2.75, 3.05) is 25.0 Å². The number of methoxy groups -OCH3 is 1. The van der Waals surface area contributed by atoms with E-state index in [2.05, 4.69) is 5.32 Å². The van der Waals surface area contributed by atoms with E-state index in [4.69, 9.17) is 16.3 Å². The van der Waals surface area contributed by atoms with Gasteiger partial charge in [-0.1, -0.05) is 23.7 Å². The number of halogens is 2. The maximum Gasteiger partial charge on any atom is 0.264 e. The van der Waals surface area contributed by atoms with Crippen LogP contribution in [0.25, 0.3) is 0 Å². The molecule has 0 unspecified atom stereocenters. The van der Waals surface area contributed by atoms with Gasteiger partial charge in [-0.15, -0.1) is 0 Å². The number of nitrogens with one attached hydrogen (secondary N) is 1. The molecule has 1 N–H and O–H groups in total. The summed E-state index contributed by atoms with van der Waals surface area (Å²) in [4.78, 5) is 27.3. The molecule has 0 heterocycles. The number of anilines is 1. The second-order valence-electron chi connectivity index (χ2n) is 8.10. The molecule has 2 amide bonds. The molecule has 0 aliphatic rings. The molecule has 0 fully saturated rings. The molecule has 0 saturated heterocycles. The molecule has 0 aliphatic heterocycles. The number of carbonyl (C=O) groups excluding carboxylic acids is 2. The molecule has 0 aromatic heterocycles. The molecular weight excluding hydrogens is 521 g/mol. The Balaban J connectivity index is 2.01. The number of ether oxygens (including phenoxy) is 1. The molecule has 0 bridgehead atoms. The van der Waals surface area contributed by atoms with Gasteiger partial charge in [0.15, 0.2) is 0 Å². The smallest absolute Gasteiger partial charge is 0.264 e. The number of hydrogen-bond acceptors (Lipinski definition) is 5. The minimum atomic E-state index is -4.21. The third kappa shape index (κ3) is 6.78. The SMILES string of the molecule is CNC(=O)[C@@H](C)N(Cc1ccc(F)cc1)C(=O)CN(c1ccc(Cl)cc1)S(=O)(=O)c1ccc(OC)cc1. The van der Waals surface area contributed by atoms with Crippen LogP contribution in [0.15, 0.2) is 77.7 Å². The molecule has 1 atom stereocenters. The van der Waals surface area contributed by atoms with Gasteiger partial charge in [0.05, 0.1) is 17.7 Å². The van der Waals surface area contributed by atoms with E-state index in [9.17, 15) is 22.4 Å². The van der Waals surface area contributed by atoms with E-state index in [0.717, 1.165) is 4.31 Å². The first-order chi connectivity index (χ1) is 17.6. The van der Waals surface area contributed by atoms with Crippen LogP contribution in [0.5, 0.6) is 5.75 Å². The molecule has 11 heteroatoms. The van der Waals surface area contributed by atoms with Crippen molar-refractivity contribution in [1.82, 2.24) is 10.2 Å². The van der Waals surface area contributed by atoms with Crippen LogP contribution in [-0.2, 0) is 26.2 Å². The number of carbonyl (C=O) groups is 2. The second kappa shape index (κ2) is 12.1. The number of hydrogen-bond donors (Lipinski definition) is 1. The van der Waals surface area contributed by atoms with Crippen LogP contribution < -0.4 is 14.4 Å². The van der Waals surface area contributed by atoms with Crippen molar-refractivity contribution in [3.05, 3.63) is 89.2 Å². The van der Waals surface area contributed by atoms with E-state index in [0.29, 0.717) is 16.3 Å². The summed E-state index contributed by atoms with van der Waals surface area (Å²) in [6, 6.07) is 16.3. The van der Waals surface area contributed by atoms with E-state index in [-0.39, 0.29) is 17.1 Å². The zero-order valence-electron chi connectivity index (χ0n) is 20.5. The van der Waals surface area contributed by atoms with Crippen molar-refractivity contribution >= 4 is 39.1 Å². The number of likely N-dealkylation sites (N-methyl/N-ethyl adjacent to an activating group) is 1. The summed E-state index contributed by atoms with van der Waals surface area (Å²) < 4.78 is 46.9. The number of amides is 2. The van der Waals surface area contributed by atoms with Gasteiger partial charge in [0, 0.05) is 18.6 Å². The van der Waals surface area contributed by atoms with Gasteiger partial charge in [-0.25, -0.2) is 12.8 Å². The normalized spacial score (nSPS) is 11.9. The molecule has 37 heavy (non-hydrogen) atoms. The first-order valence-corrected chi connectivity index (χ1v) is 13.1. The van der Waals surface area contributed by atoms with Crippen LogP contribution >= 0.6 is 11.6 Å². The van der Waals surface area contributed by atoms with Crippen LogP contribution in [0.4, 0.5) is 10.1 Å². The monoisotopic (exact) mass is 547 g/mol. The Morgan fingerprint density at radius 2 is 1.59 bits per heavy atom. The lowest BCUT2D eigenvalue weighted by atomic mass is 10.1. The fraction of sp³-hybridized carbons (Fsp3) is 0.231. The average molecular weight is 548 g/mol. The first kappa shape index (κ1) is 27.9. The molecule has 3 aromatic rings. The van der Waals surface area contributed by atoms with Crippen LogP contribution in [-0.4, -0.2) is 51.9 Å². The highest BCUT2D eigenvalue weighted by atomic mass is 35.5. The lowest BCUT2D eigenvalue weighted by Crippen LogP contribution is -2.50. The summed E-state index contributed by atoms with van der Waals surface area (Å²) in [6.07, 6.45) is 0. The number of benzene rings is 3. The summed E-state index contributed by atoms with van der Waals surface area (Å²) in [7, 11) is -1.31. The van der Waals surface area contributed by atoms with Crippen LogP contribution in [0.2, 0.25) is 5.02 Å². The van der Waals surface area contributed by atoms with Crippen LogP contribution in [0, 0.1) is 5.82 Å². The van der Waals surface area contributed by atoms with Gasteiger partial charge < -0.3 is 15.0 Å². The van der Waals surface area contributed by atoms with E-state index in [1.54, 1.807) is 0 Å².